The summed E-state index contributed by atoms with van der Waals surface area (Å²) >= 11 is 3.12. The maximum absolute atomic E-state index is 11.9. The van der Waals surface area contributed by atoms with Gasteiger partial charge in [-0.2, -0.15) is 0 Å². The third kappa shape index (κ3) is 3.45. The molecular formula is C13H10BrNO4. The first-order valence-electron chi connectivity index (χ1n) is 5.41. The highest BCUT2D eigenvalue weighted by Crippen LogP contribution is 2.19. The number of nitrogens with one attached hydrogen (secondary N) is 1. The van der Waals surface area contributed by atoms with Crippen LogP contribution in [-0.4, -0.2) is 17.0 Å². The smallest absolute Gasteiger partial charge is 0.307 e. The van der Waals surface area contributed by atoms with Crippen LogP contribution in [0.4, 0.5) is 5.69 Å². The molecule has 0 saturated carbocycles. The van der Waals surface area contributed by atoms with Crippen LogP contribution in [0.1, 0.15) is 15.9 Å². The van der Waals surface area contributed by atoms with Gasteiger partial charge in [0.1, 0.15) is 0 Å². The average Bonchev–Trinajstić information content (AvgIpc) is 2.75. The van der Waals surface area contributed by atoms with Gasteiger partial charge in [-0.25, -0.2) is 0 Å². The molecule has 5 nitrogen and oxygen atoms in total. The molecule has 1 aromatic heterocycles. The molecule has 0 radical (unpaired) electrons. The number of benzene rings is 1. The van der Waals surface area contributed by atoms with Crippen molar-refractivity contribution in [3.8, 4) is 0 Å². The Labute approximate surface area is 117 Å². The normalized spacial score (nSPS) is 10.2. The van der Waals surface area contributed by atoms with Gasteiger partial charge in [-0.05, 0) is 39.7 Å². The lowest BCUT2D eigenvalue weighted by Gasteiger charge is -2.05. The largest absolute Gasteiger partial charge is 0.481 e. The first-order valence-corrected chi connectivity index (χ1v) is 6.20. The minimum Gasteiger partial charge on any atom is -0.481 e. The average molecular weight is 324 g/mol. The summed E-state index contributed by atoms with van der Waals surface area (Å²) in [6.45, 7) is 0. The van der Waals surface area contributed by atoms with E-state index in [0.29, 0.717) is 21.5 Å². The standard InChI is InChI=1S/C13H10BrNO4/c14-12-10(4-5-19-12)13(18)15-9-3-1-2-8(6-9)7-11(16)17/h1-6H,7H2,(H,15,18)(H,16,17). The molecule has 2 N–H and O–H groups in total. The quantitative estimate of drug-likeness (QED) is 0.906. The van der Waals surface area contributed by atoms with Crippen LogP contribution >= 0.6 is 15.9 Å². The lowest BCUT2D eigenvalue weighted by Crippen LogP contribution is -2.11. The molecule has 2 rings (SSSR count). The maximum atomic E-state index is 11.9. The Bertz CT molecular complexity index is 621. The number of hydrogen-bond donors (Lipinski definition) is 2. The molecule has 98 valence electrons. The molecule has 19 heavy (non-hydrogen) atoms. The van der Waals surface area contributed by atoms with Gasteiger partial charge in [-0.1, -0.05) is 12.1 Å². The molecule has 6 heteroatoms. The zero-order valence-corrected chi connectivity index (χ0v) is 11.3. The van der Waals surface area contributed by atoms with Crippen LogP contribution in [0.15, 0.2) is 45.7 Å². The lowest BCUT2D eigenvalue weighted by atomic mass is 10.1. The zero-order valence-electron chi connectivity index (χ0n) is 9.72. The second-order valence-electron chi connectivity index (χ2n) is 3.83. The minimum atomic E-state index is -0.916. The van der Waals surface area contributed by atoms with Crippen molar-refractivity contribution in [2.45, 2.75) is 6.42 Å². The van der Waals surface area contributed by atoms with Gasteiger partial charge in [0.2, 0.25) is 0 Å². The van der Waals surface area contributed by atoms with Gasteiger partial charge in [-0.15, -0.1) is 0 Å². The number of halogens is 1. The van der Waals surface area contributed by atoms with E-state index in [1.165, 1.54) is 6.26 Å². The zero-order chi connectivity index (χ0) is 13.8. The number of carbonyl (C=O) groups is 2. The van der Waals surface area contributed by atoms with Crippen LogP contribution in [0.3, 0.4) is 0 Å². The fraction of sp³-hybridized carbons (Fsp3) is 0.0769. The van der Waals surface area contributed by atoms with E-state index in [1.807, 2.05) is 0 Å². The molecule has 0 spiro atoms. The van der Waals surface area contributed by atoms with Crippen molar-refractivity contribution >= 4 is 33.5 Å². The van der Waals surface area contributed by atoms with E-state index < -0.39 is 5.97 Å². The van der Waals surface area contributed by atoms with E-state index in [-0.39, 0.29) is 12.3 Å². The molecule has 1 aromatic carbocycles. The first kappa shape index (κ1) is 13.4. The number of aliphatic carboxylic acids is 1. The monoisotopic (exact) mass is 323 g/mol. The predicted octanol–water partition coefficient (Wildman–Crippen LogP) is 2.92. The van der Waals surface area contributed by atoms with Gasteiger partial charge in [0.25, 0.3) is 5.91 Å². The molecule has 0 atom stereocenters. The number of rotatable bonds is 4. The summed E-state index contributed by atoms with van der Waals surface area (Å²) in [5.41, 5.74) is 1.54. The number of carbonyl (C=O) groups excluding carboxylic acids is 1. The summed E-state index contributed by atoms with van der Waals surface area (Å²) in [6, 6.07) is 8.24. The highest BCUT2D eigenvalue weighted by atomic mass is 79.9. The van der Waals surface area contributed by atoms with E-state index in [0.717, 1.165) is 0 Å². The second kappa shape index (κ2) is 5.71. The van der Waals surface area contributed by atoms with E-state index in [1.54, 1.807) is 30.3 Å². The minimum absolute atomic E-state index is 0.0842. The first-order chi connectivity index (χ1) is 9.06. The van der Waals surface area contributed by atoms with E-state index in [2.05, 4.69) is 21.2 Å². The molecule has 1 amide bonds. The highest BCUT2D eigenvalue weighted by molar-refractivity contribution is 9.10. The number of anilines is 1. The van der Waals surface area contributed by atoms with Gasteiger partial charge in [0, 0.05) is 5.69 Å². The van der Waals surface area contributed by atoms with Crippen LogP contribution < -0.4 is 5.32 Å². The van der Waals surface area contributed by atoms with E-state index >= 15 is 0 Å². The number of carboxylic acid groups (broad SMARTS) is 1. The Kier molecular flexibility index (Phi) is 4.01. The Morgan fingerprint density at radius 2 is 2.11 bits per heavy atom. The summed E-state index contributed by atoms with van der Waals surface area (Å²) in [5, 5.41) is 11.4. The highest BCUT2D eigenvalue weighted by Gasteiger charge is 2.13. The van der Waals surface area contributed by atoms with Gasteiger partial charge in [-0.3, -0.25) is 9.59 Å². The molecule has 0 unspecified atom stereocenters. The number of hydrogen-bond acceptors (Lipinski definition) is 3. The van der Waals surface area contributed by atoms with Crippen molar-refractivity contribution in [2.75, 3.05) is 5.32 Å². The van der Waals surface area contributed by atoms with Crippen LogP contribution in [0.2, 0.25) is 0 Å². The summed E-state index contributed by atoms with van der Waals surface area (Å²) in [4.78, 5) is 22.5. The third-order valence-electron chi connectivity index (χ3n) is 2.40. The van der Waals surface area contributed by atoms with Crippen LogP contribution in [0, 0.1) is 0 Å². The summed E-state index contributed by atoms with van der Waals surface area (Å²) < 4.78 is 5.33. The van der Waals surface area contributed by atoms with Crippen molar-refractivity contribution in [3.05, 3.63) is 52.4 Å². The number of carboxylic acids is 1. The van der Waals surface area contributed by atoms with Crippen molar-refractivity contribution in [2.24, 2.45) is 0 Å². The van der Waals surface area contributed by atoms with Gasteiger partial charge in [0.15, 0.2) is 4.67 Å². The fourth-order valence-electron chi connectivity index (χ4n) is 1.59. The van der Waals surface area contributed by atoms with E-state index in [4.69, 9.17) is 9.52 Å². The van der Waals surface area contributed by atoms with Crippen molar-refractivity contribution in [1.82, 2.24) is 0 Å². The molecule has 0 aliphatic heterocycles. The number of amides is 1. The molecule has 2 aromatic rings. The SMILES string of the molecule is O=C(O)Cc1cccc(NC(=O)c2ccoc2Br)c1. The molecule has 0 saturated heterocycles. The molecule has 0 aliphatic rings. The fourth-order valence-corrected chi connectivity index (χ4v) is 2.01. The van der Waals surface area contributed by atoms with Crippen molar-refractivity contribution < 1.29 is 19.1 Å². The van der Waals surface area contributed by atoms with Crippen LogP contribution in [-0.2, 0) is 11.2 Å². The molecule has 1 heterocycles. The topological polar surface area (TPSA) is 79.5 Å². The Hall–Kier alpha value is -2.08. The third-order valence-corrected chi connectivity index (χ3v) is 3.02. The van der Waals surface area contributed by atoms with Crippen molar-refractivity contribution in [1.29, 1.82) is 0 Å². The van der Waals surface area contributed by atoms with Gasteiger partial charge in [0.05, 0.1) is 18.2 Å². The summed E-state index contributed by atoms with van der Waals surface area (Å²) in [5.74, 6) is -1.24. The number of furan rings is 1. The summed E-state index contributed by atoms with van der Waals surface area (Å²) in [7, 11) is 0. The maximum Gasteiger partial charge on any atom is 0.307 e. The lowest BCUT2D eigenvalue weighted by molar-refractivity contribution is -0.136. The predicted molar refractivity (Wildman–Crippen MR) is 72.1 cm³/mol. The summed E-state index contributed by atoms with van der Waals surface area (Å²) in [6.07, 6.45) is 1.32. The molecule has 0 bridgehead atoms. The van der Waals surface area contributed by atoms with E-state index in [9.17, 15) is 9.59 Å². The van der Waals surface area contributed by atoms with Crippen molar-refractivity contribution in [3.63, 3.8) is 0 Å². The molecule has 0 aliphatic carbocycles. The molecule has 0 fully saturated rings. The molecular weight excluding hydrogens is 314 g/mol. The van der Waals surface area contributed by atoms with Crippen LogP contribution in [0.25, 0.3) is 0 Å². The Morgan fingerprint density at radius 1 is 1.32 bits per heavy atom. The second-order valence-corrected chi connectivity index (χ2v) is 4.55. The Balaban J connectivity index is 2.13. The van der Waals surface area contributed by atoms with Gasteiger partial charge >= 0.3 is 5.97 Å². The van der Waals surface area contributed by atoms with Gasteiger partial charge < -0.3 is 14.8 Å². The Morgan fingerprint density at radius 3 is 2.74 bits per heavy atom. The van der Waals surface area contributed by atoms with Crippen LogP contribution in [0.5, 0.6) is 0 Å².